The summed E-state index contributed by atoms with van der Waals surface area (Å²) in [5.41, 5.74) is 5.44. The number of carbonyl (C=O) groups is 2. The average Bonchev–Trinajstić information content (AvgIpc) is 2.65. The first-order valence-corrected chi connectivity index (χ1v) is 9.25. The summed E-state index contributed by atoms with van der Waals surface area (Å²) in [4.78, 5) is 26.3. The average molecular weight is 349 g/mol. The first-order valence-electron chi connectivity index (χ1n) is 9.25. The second-order valence-electron chi connectivity index (χ2n) is 6.91. The van der Waals surface area contributed by atoms with Crippen molar-refractivity contribution in [1.29, 1.82) is 0 Å². The number of anilines is 2. The van der Waals surface area contributed by atoms with Gasteiger partial charge >= 0.3 is 6.03 Å². The Hall–Kier alpha value is -2.82. The maximum atomic E-state index is 12.2. The maximum absolute atomic E-state index is 12.2. The summed E-state index contributed by atoms with van der Waals surface area (Å²) in [7, 11) is 0. The molecule has 0 atom stereocenters. The van der Waals surface area contributed by atoms with Crippen molar-refractivity contribution >= 4 is 23.3 Å². The van der Waals surface area contributed by atoms with Gasteiger partial charge in [0.25, 0.3) is 0 Å². The molecule has 0 unspecified atom stereocenters. The van der Waals surface area contributed by atoms with Gasteiger partial charge < -0.3 is 15.5 Å². The first kappa shape index (κ1) is 16.6. The molecule has 0 fully saturated rings. The predicted octanol–water partition coefficient (Wildman–Crippen LogP) is 3.28. The number of aryl methyl sites for hydroxylation is 2. The van der Waals surface area contributed by atoms with Gasteiger partial charge in [-0.15, -0.1) is 0 Å². The molecular formula is C21H23N3O2. The lowest BCUT2D eigenvalue weighted by Gasteiger charge is -2.35. The van der Waals surface area contributed by atoms with Crippen molar-refractivity contribution in [2.45, 2.75) is 32.1 Å². The highest BCUT2D eigenvalue weighted by molar-refractivity contribution is 5.99. The maximum Gasteiger partial charge on any atom is 0.319 e. The van der Waals surface area contributed by atoms with Crippen LogP contribution in [0.4, 0.5) is 16.2 Å². The molecule has 0 aliphatic carbocycles. The Morgan fingerprint density at radius 2 is 1.81 bits per heavy atom. The zero-order valence-corrected chi connectivity index (χ0v) is 14.8. The number of nitrogens with one attached hydrogen (secondary N) is 2. The van der Waals surface area contributed by atoms with Crippen molar-refractivity contribution in [3.63, 3.8) is 0 Å². The molecule has 0 spiro atoms. The Labute approximate surface area is 153 Å². The second-order valence-corrected chi connectivity index (χ2v) is 6.91. The van der Waals surface area contributed by atoms with E-state index in [1.165, 1.54) is 16.7 Å². The fourth-order valence-corrected chi connectivity index (χ4v) is 3.87. The van der Waals surface area contributed by atoms with E-state index < -0.39 is 0 Å². The van der Waals surface area contributed by atoms with E-state index in [1.807, 2.05) is 35.2 Å². The monoisotopic (exact) mass is 349 g/mol. The summed E-state index contributed by atoms with van der Waals surface area (Å²) in [6, 6.07) is 13.9. The van der Waals surface area contributed by atoms with Gasteiger partial charge in [-0.1, -0.05) is 30.3 Å². The van der Waals surface area contributed by atoms with Gasteiger partial charge in [0.2, 0.25) is 5.91 Å². The Kier molecular flexibility index (Phi) is 4.61. The largest absolute Gasteiger partial charge is 0.338 e. The van der Waals surface area contributed by atoms with Crippen LogP contribution in [0.15, 0.2) is 42.5 Å². The molecule has 0 saturated carbocycles. The topological polar surface area (TPSA) is 61.4 Å². The SMILES string of the molecule is O=C(NCCc1ccccc1)Nc1cc2c3c(c1)CCC(=O)N3CCC2. The molecule has 2 aliphatic heterocycles. The molecule has 2 N–H and O–H groups in total. The van der Waals surface area contributed by atoms with E-state index in [1.54, 1.807) is 0 Å². The zero-order valence-electron chi connectivity index (χ0n) is 14.8. The molecule has 0 bridgehead atoms. The van der Waals surface area contributed by atoms with E-state index in [9.17, 15) is 9.59 Å². The molecule has 4 rings (SSSR count). The van der Waals surface area contributed by atoms with Crippen LogP contribution < -0.4 is 15.5 Å². The number of nitrogens with zero attached hydrogens (tertiary/aromatic N) is 1. The molecule has 0 aromatic heterocycles. The number of amides is 3. The van der Waals surface area contributed by atoms with Crippen molar-refractivity contribution in [1.82, 2.24) is 5.32 Å². The van der Waals surface area contributed by atoms with Gasteiger partial charge in [0.05, 0.1) is 5.69 Å². The molecule has 0 saturated heterocycles. The molecule has 5 nitrogen and oxygen atoms in total. The summed E-state index contributed by atoms with van der Waals surface area (Å²) >= 11 is 0. The van der Waals surface area contributed by atoms with Crippen molar-refractivity contribution in [2.75, 3.05) is 23.3 Å². The van der Waals surface area contributed by atoms with Crippen LogP contribution in [0.5, 0.6) is 0 Å². The van der Waals surface area contributed by atoms with E-state index in [4.69, 9.17) is 0 Å². The van der Waals surface area contributed by atoms with Crippen LogP contribution in [0.25, 0.3) is 0 Å². The Morgan fingerprint density at radius 1 is 1.04 bits per heavy atom. The Morgan fingerprint density at radius 3 is 2.62 bits per heavy atom. The summed E-state index contributed by atoms with van der Waals surface area (Å²) < 4.78 is 0. The molecular weight excluding hydrogens is 326 g/mol. The summed E-state index contributed by atoms with van der Waals surface area (Å²) in [5.74, 6) is 0.220. The van der Waals surface area contributed by atoms with Gasteiger partial charge in [0.1, 0.15) is 0 Å². The quantitative estimate of drug-likeness (QED) is 0.890. The highest BCUT2D eigenvalue weighted by Crippen LogP contribution is 2.37. The highest BCUT2D eigenvalue weighted by Gasteiger charge is 2.29. The van der Waals surface area contributed by atoms with Crippen LogP contribution in [0.3, 0.4) is 0 Å². The fourth-order valence-electron chi connectivity index (χ4n) is 3.87. The fraction of sp³-hybridized carbons (Fsp3) is 0.333. The van der Waals surface area contributed by atoms with Gasteiger partial charge in [-0.05, 0) is 54.5 Å². The summed E-state index contributed by atoms with van der Waals surface area (Å²) in [5, 5.41) is 5.86. The lowest BCUT2D eigenvalue weighted by atomic mass is 9.91. The number of benzene rings is 2. The van der Waals surface area contributed by atoms with E-state index in [2.05, 4.69) is 22.8 Å². The minimum absolute atomic E-state index is 0.187. The van der Waals surface area contributed by atoms with Crippen molar-refractivity contribution < 1.29 is 9.59 Å². The van der Waals surface area contributed by atoms with Crippen LogP contribution in [0, 0.1) is 0 Å². The van der Waals surface area contributed by atoms with Crippen molar-refractivity contribution in [3.8, 4) is 0 Å². The van der Waals surface area contributed by atoms with Crippen molar-refractivity contribution in [3.05, 3.63) is 59.2 Å². The number of rotatable bonds is 4. The summed E-state index contributed by atoms with van der Waals surface area (Å²) in [6.07, 6.45) is 4.05. The standard InChI is InChI=1S/C21H23N3O2/c25-19-9-8-17-14-18(13-16-7-4-12-24(19)20(16)17)23-21(26)22-11-10-15-5-2-1-3-6-15/h1-3,5-6,13-14H,4,7-12H2,(H2,22,23,26). The van der Waals surface area contributed by atoms with E-state index in [0.717, 1.165) is 43.6 Å². The minimum Gasteiger partial charge on any atom is -0.338 e. The van der Waals surface area contributed by atoms with Crippen LogP contribution >= 0.6 is 0 Å². The molecule has 134 valence electrons. The van der Waals surface area contributed by atoms with Crippen LogP contribution in [-0.2, 0) is 24.1 Å². The minimum atomic E-state index is -0.187. The number of hydrogen-bond donors (Lipinski definition) is 2. The molecule has 3 amide bonds. The molecule has 5 heteroatoms. The summed E-state index contributed by atoms with van der Waals surface area (Å²) in [6.45, 7) is 1.40. The second kappa shape index (κ2) is 7.20. The van der Waals surface area contributed by atoms with Gasteiger partial charge in [-0.3, -0.25) is 4.79 Å². The molecule has 2 aliphatic rings. The van der Waals surface area contributed by atoms with Gasteiger partial charge in [0.15, 0.2) is 0 Å². The Balaban J connectivity index is 1.41. The normalized spacial score (nSPS) is 15.4. The Bertz CT molecular complexity index is 815. The van der Waals surface area contributed by atoms with E-state index in [-0.39, 0.29) is 11.9 Å². The smallest absolute Gasteiger partial charge is 0.319 e. The number of carbonyl (C=O) groups excluding carboxylic acids is 2. The lowest BCUT2D eigenvalue weighted by molar-refractivity contribution is -0.119. The predicted molar refractivity (Wildman–Crippen MR) is 103 cm³/mol. The van der Waals surface area contributed by atoms with E-state index >= 15 is 0 Å². The van der Waals surface area contributed by atoms with Gasteiger partial charge in [-0.2, -0.15) is 0 Å². The number of hydrogen-bond acceptors (Lipinski definition) is 2. The van der Waals surface area contributed by atoms with Gasteiger partial charge in [-0.25, -0.2) is 4.79 Å². The molecule has 2 aromatic carbocycles. The van der Waals surface area contributed by atoms with E-state index in [0.29, 0.717) is 13.0 Å². The first-order chi connectivity index (χ1) is 12.7. The molecule has 2 aromatic rings. The van der Waals surface area contributed by atoms with Crippen LogP contribution in [-0.4, -0.2) is 25.0 Å². The third-order valence-electron chi connectivity index (χ3n) is 5.07. The van der Waals surface area contributed by atoms with Crippen molar-refractivity contribution in [2.24, 2.45) is 0 Å². The molecule has 26 heavy (non-hydrogen) atoms. The lowest BCUT2D eigenvalue weighted by Crippen LogP contribution is -2.39. The zero-order chi connectivity index (χ0) is 17.9. The molecule has 2 heterocycles. The van der Waals surface area contributed by atoms with Crippen LogP contribution in [0.2, 0.25) is 0 Å². The third kappa shape index (κ3) is 3.43. The number of urea groups is 1. The highest BCUT2D eigenvalue weighted by atomic mass is 16.2. The molecule has 0 radical (unpaired) electrons. The van der Waals surface area contributed by atoms with Crippen LogP contribution in [0.1, 0.15) is 29.5 Å². The van der Waals surface area contributed by atoms with Gasteiger partial charge in [0, 0.05) is 25.2 Å². The third-order valence-corrected chi connectivity index (χ3v) is 5.07.